The number of urea groups is 1. The Balaban J connectivity index is 1.62. The number of rotatable bonds is 5. The van der Waals surface area contributed by atoms with Crippen LogP contribution in [0.25, 0.3) is 0 Å². The van der Waals surface area contributed by atoms with Crippen LogP contribution in [0.4, 0.5) is 10.5 Å². The van der Waals surface area contributed by atoms with Crippen LogP contribution in [0.2, 0.25) is 5.02 Å². The van der Waals surface area contributed by atoms with E-state index in [9.17, 15) is 4.79 Å². The number of methoxy groups -OCH3 is 1. The number of anilines is 1. The number of carbonyl (C=O) groups is 1. The lowest BCUT2D eigenvalue weighted by Gasteiger charge is -2.42. The molecule has 1 heterocycles. The van der Waals surface area contributed by atoms with Crippen LogP contribution >= 0.6 is 11.6 Å². The maximum absolute atomic E-state index is 12.2. The van der Waals surface area contributed by atoms with Gasteiger partial charge in [-0.1, -0.05) is 29.8 Å². The standard InChI is InChI=1S/C18H19ClN2O3/c1-23-16-7-3-6-15(11-16)21-17(22)20-12-18(8-9-24-18)13-4-2-5-14(19)10-13/h2-7,10-11H,8-9,12H2,1H3,(H2,20,21,22). The van der Waals surface area contributed by atoms with Gasteiger partial charge >= 0.3 is 6.03 Å². The lowest BCUT2D eigenvalue weighted by molar-refractivity contribution is -0.149. The first kappa shape index (κ1) is 16.6. The molecule has 5 nitrogen and oxygen atoms in total. The van der Waals surface area contributed by atoms with Gasteiger partial charge in [-0.25, -0.2) is 4.79 Å². The number of benzene rings is 2. The normalized spacial score (nSPS) is 19.2. The average Bonchev–Trinajstić information content (AvgIpc) is 2.54. The predicted octanol–water partition coefficient (Wildman–Crippen LogP) is 3.79. The van der Waals surface area contributed by atoms with Crippen LogP contribution in [0.1, 0.15) is 12.0 Å². The monoisotopic (exact) mass is 346 g/mol. The number of nitrogens with one attached hydrogen (secondary N) is 2. The van der Waals surface area contributed by atoms with Gasteiger partial charge in [-0.2, -0.15) is 0 Å². The Labute approximate surface area is 145 Å². The molecule has 6 heteroatoms. The number of ether oxygens (including phenoxy) is 2. The highest BCUT2D eigenvalue weighted by atomic mass is 35.5. The van der Waals surface area contributed by atoms with Crippen LogP contribution in [-0.4, -0.2) is 26.3 Å². The molecule has 0 saturated carbocycles. The van der Waals surface area contributed by atoms with Crippen LogP contribution in [0, 0.1) is 0 Å². The van der Waals surface area contributed by atoms with Gasteiger partial charge in [-0.3, -0.25) is 0 Å². The fourth-order valence-corrected chi connectivity index (χ4v) is 2.88. The maximum atomic E-state index is 12.2. The van der Waals surface area contributed by atoms with E-state index >= 15 is 0 Å². The molecular weight excluding hydrogens is 328 g/mol. The number of hydrogen-bond donors (Lipinski definition) is 2. The molecule has 0 bridgehead atoms. The quantitative estimate of drug-likeness (QED) is 0.866. The van der Waals surface area contributed by atoms with Crippen LogP contribution in [0.5, 0.6) is 5.75 Å². The topological polar surface area (TPSA) is 59.6 Å². The Morgan fingerprint density at radius 2 is 2.08 bits per heavy atom. The molecule has 2 aromatic rings. The molecule has 1 aliphatic heterocycles. The van der Waals surface area contributed by atoms with Gasteiger partial charge in [-0.05, 0) is 29.8 Å². The highest BCUT2D eigenvalue weighted by Crippen LogP contribution is 2.37. The molecule has 24 heavy (non-hydrogen) atoms. The van der Waals surface area contributed by atoms with Crippen LogP contribution in [0.3, 0.4) is 0 Å². The van der Waals surface area contributed by atoms with E-state index in [2.05, 4.69) is 10.6 Å². The van der Waals surface area contributed by atoms with Crippen molar-refractivity contribution < 1.29 is 14.3 Å². The molecule has 2 aromatic carbocycles. The van der Waals surface area contributed by atoms with Crippen molar-refractivity contribution in [1.29, 1.82) is 0 Å². The predicted molar refractivity (Wildman–Crippen MR) is 93.7 cm³/mol. The molecule has 2 N–H and O–H groups in total. The van der Waals surface area contributed by atoms with Crippen LogP contribution < -0.4 is 15.4 Å². The molecule has 1 unspecified atom stereocenters. The molecule has 1 fully saturated rings. The van der Waals surface area contributed by atoms with Gasteiger partial charge in [0.2, 0.25) is 0 Å². The Morgan fingerprint density at radius 3 is 2.75 bits per heavy atom. The summed E-state index contributed by atoms with van der Waals surface area (Å²) in [5.74, 6) is 0.686. The third-order valence-corrected chi connectivity index (χ3v) is 4.33. The SMILES string of the molecule is COc1cccc(NC(=O)NCC2(c3cccc(Cl)c3)CCO2)c1. The first-order valence-electron chi connectivity index (χ1n) is 7.70. The number of amides is 2. The summed E-state index contributed by atoms with van der Waals surface area (Å²) < 4.78 is 10.9. The zero-order chi connectivity index (χ0) is 17.0. The van der Waals surface area contributed by atoms with E-state index in [1.165, 1.54) is 0 Å². The first-order valence-corrected chi connectivity index (χ1v) is 8.08. The second-order valence-corrected chi connectivity index (χ2v) is 6.08. The summed E-state index contributed by atoms with van der Waals surface area (Å²) in [5, 5.41) is 6.31. The van der Waals surface area contributed by atoms with E-state index in [1.807, 2.05) is 36.4 Å². The van der Waals surface area contributed by atoms with E-state index in [0.29, 0.717) is 29.6 Å². The van der Waals surface area contributed by atoms with Gasteiger partial charge in [0, 0.05) is 23.2 Å². The molecule has 0 aliphatic carbocycles. The van der Waals surface area contributed by atoms with E-state index in [4.69, 9.17) is 21.1 Å². The molecule has 0 aromatic heterocycles. The lowest BCUT2D eigenvalue weighted by atomic mass is 9.86. The summed E-state index contributed by atoms with van der Waals surface area (Å²) in [6, 6.07) is 14.4. The van der Waals surface area contributed by atoms with Gasteiger partial charge in [-0.15, -0.1) is 0 Å². The highest BCUT2D eigenvalue weighted by molar-refractivity contribution is 6.30. The van der Waals surface area contributed by atoms with Crippen LogP contribution in [-0.2, 0) is 10.3 Å². The fraction of sp³-hybridized carbons (Fsp3) is 0.278. The van der Waals surface area contributed by atoms with Crippen molar-refractivity contribution in [3.8, 4) is 5.75 Å². The smallest absolute Gasteiger partial charge is 0.319 e. The molecule has 2 amide bonds. The molecule has 0 spiro atoms. The lowest BCUT2D eigenvalue weighted by Crippen LogP contribution is -2.50. The summed E-state index contributed by atoms with van der Waals surface area (Å²) in [7, 11) is 1.59. The molecule has 1 atom stereocenters. The summed E-state index contributed by atoms with van der Waals surface area (Å²) in [4.78, 5) is 12.2. The second-order valence-electron chi connectivity index (χ2n) is 5.64. The molecule has 1 saturated heterocycles. The third kappa shape index (κ3) is 3.63. The van der Waals surface area contributed by atoms with Gasteiger partial charge in [0.15, 0.2) is 0 Å². The van der Waals surface area contributed by atoms with Gasteiger partial charge < -0.3 is 20.1 Å². The van der Waals surface area contributed by atoms with E-state index in [0.717, 1.165) is 12.0 Å². The minimum absolute atomic E-state index is 0.292. The first-order chi connectivity index (χ1) is 11.6. The van der Waals surface area contributed by atoms with Crippen LogP contribution in [0.15, 0.2) is 48.5 Å². The molecule has 1 aliphatic rings. The molecule has 126 valence electrons. The molecular formula is C18H19ClN2O3. The number of halogens is 1. The average molecular weight is 347 g/mol. The Hall–Kier alpha value is -2.24. The third-order valence-electron chi connectivity index (χ3n) is 4.10. The van der Waals surface area contributed by atoms with Crippen molar-refractivity contribution in [1.82, 2.24) is 5.32 Å². The largest absolute Gasteiger partial charge is 0.497 e. The van der Waals surface area contributed by atoms with Crippen molar-refractivity contribution in [2.75, 3.05) is 25.6 Å². The minimum Gasteiger partial charge on any atom is -0.497 e. The number of hydrogen-bond acceptors (Lipinski definition) is 3. The Morgan fingerprint density at radius 1 is 1.29 bits per heavy atom. The van der Waals surface area contributed by atoms with Crippen molar-refractivity contribution >= 4 is 23.3 Å². The zero-order valence-corrected chi connectivity index (χ0v) is 14.1. The summed E-state index contributed by atoms with van der Waals surface area (Å²) in [6.45, 7) is 1.05. The van der Waals surface area contributed by atoms with Crippen molar-refractivity contribution in [3.63, 3.8) is 0 Å². The maximum Gasteiger partial charge on any atom is 0.319 e. The zero-order valence-electron chi connectivity index (χ0n) is 13.3. The Kier molecular flexibility index (Phi) is 4.92. The van der Waals surface area contributed by atoms with E-state index in [-0.39, 0.29) is 6.03 Å². The van der Waals surface area contributed by atoms with Crippen molar-refractivity contribution in [2.45, 2.75) is 12.0 Å². The fourth-order valence-electron chi connectivity index (χ4n) is 2.69. The molecule has 0 radical (unpaired) electrons. The summed E-state index contributed by atoms with van der Waals surface area (Å²) in [6.07, 6.45) is 0.840. The minimum atomic E-state index is -0.503. The Bertz CT molecular complexity index is 732. The number of carbonyl (C=O) groups excluding carboxylic acids is 1. The molecule has 3 rings (SSSR count). The second kappa shape index (κ2) is 7.11. The highest BCUT2D eigenvalue weighted by Gasteiger charge is 2.40. The van der Waals surface area contributed by atoms with Gasteiger partial charge in [0.25, 0.3) is 0 Å². The van der Waals surface area contributed by atoms with Gasteiger partial charge in [0.1, 0.15) is 11.4 Å². The van der Waals surface area contributed by atoms with E-state index < -0.39 is 5.60 Å². The van der Waals surface area contributed by atoms with Crippen molar-refractivity contribution in [2.24, 2.45) is 0 Å². The summed E-state index contributed by atoms with van der Waals surface area (Å²) in [5.41, 5.74) is 1.14. The van der Waals surface area contributed by atoms with Gasteiger partial charge in [0.05, 0.1) is 20.3 Å². The van der Waals surface area contributed by atoms with E-state index in [1.54, 1.807) is 19.2 Å². The summed E-state index contributed by atoms with van der Waals surface area (Å²) >= 11 is 6.06. The van der Waals surface area contributed by atoms with Crippen molar-refractivity contribution in [3.05, 3.63) is 59.1 Å².